The van der Waals surface area contributed by atoms with Crippen LogP contribution in [0.15, 0.2) is 17.1 Å². The number of thioether (sulfide) groups is 1. The predicted octanol–water partition coefficient (Wildman–Crippen LogP) is 4.62. The van der Waals surface area contributed by atoms with E-state index < -0.39 is 150 Å². The number of allylic oxidation sites excluding steroid dienone is 2. The molecular formula is C63H111N11O11S. The first-order valence-electron chi connectivity index (χ1n) is 31.0. The molecule has 2 aliphatic heterocycles. The Morgan fingerprint density at radius 2 is 0.942 bits per heavy atom. The Morgan fingerprint density at radius 3 is 1.41 bits per heavy atom. The second-order valence-corrected chi connectivity index (χ2v) is 27.6. The number of aliphatic imine (C=N–C) groups is 1. The van der Waals surface area contributed by atoms with Crippen LogP contribution >= 0.6 is 11.8 Å². The molecule has 2 aliphatic rings. The lowest BCUT2D eigenvalue weighted by atomic mass is 9.91. The summed E-state index contributed by atoms with van der Waals surface area (Å²) in [6.45, 7) is 28.8. The molecule has 0 saturated carbocycles. The van der Waals surface area contributed by atoms with E-state index in [2.05, 4.69) is 10.6 Å². The molecule has 10 amide bonds. The van der Waals surface area contributed by atoms with Crippen LogP contribution in [-0.4, -0.2) is 244 Å². The van der Waals surface area contributed by atoms with Gasteiger partial charge in [0.15, 0.2) is 0 Å². The monoisotopic (exact) mass is 1230 g/mol. The Morgan fingerprint density at radius 1 is 0.523 bits per heavy atom. The average Bonchev–Trinajstić information content (AvgIpc) is 1.47. The molecule has 12 atom stereocenters. The highest BCUT2D eigenvalue weighted by molar-refractivity contribution is 8.14. The Kier molecular flexibility index (Phi) is 30.5. The second kappa shape index (κ2) is 34.2. The quantitative estimate of drug-likeness (QED) is 0.190. The highest BCUT2D eigenvalue weighted by Gasteiger charge is 2.47. The molecular weight excluding hydrogens is 1120 g/mol. The fourth-order valence-electron chi connectivity index (χ4n) is 11.3. The van der Waals surface area contributed by atoms with E-state index in [-0.39, 0.29) is 61.5 Å². The summed E-state index contributed by atoms with van der Waals surface area (Å²) in [6.07, 6.45) is 3.42. The van der Waals surface area contributed by atoms with Gasteiger partial charge in [0.2, 0.25) is 59.1 Å². The molecule has 2 heterocycles. The third-order valence-electron chi connectivity index (χ3n) is 16.7. The minimum atomic E-state index is -1.58. The van der Waals surface area contributed by atoms with Crippen molar-refractivity contribution in [3.8, 4) is 0 Å². The first-order valence-corrected chi connectivity index (χ1v) is 32.0. The number of nitrogens with zero attached hydrogens (tertiary/aromatic N) is 9. The second-order valence-electron chi connectivity index (χ2n) is 26.6. The van der Waals surface area contributed by atoms with Gasteiger partial charge in [-0.25, -0.2) is 0 Å². The van der Waals surface area contributed by atoms with Gasteiger partial charge in [-0.3, -0.25) is 52.9 Å². The van der Waals surface area contributed by atoms with Gasteiger partial charge in [-0.15, -0.1) is 11.8 Å². The van der Waals surface area contributed by atoms with Crippen molar-refractivity contribution in [1.29, 1.82) is 0 Å². The third kappa shape index (κ3) is 20.0. The molecule has 3 N–H and O–H groups in total. The molecule has 0 aromatic rings. The zero-order chi connectivity index (χ0) is 66.3. The van der Waals surface area contributed by atoms with Crippen LogP contribution in [0.3, 0.4) is 0 Å². The normalized spacial score (nSPS) is 27.4. The van der Waals surface area contributed by atoms with Gasteiger partial charge < -0.3 is 54.9 Å². The lowest BCUT2D eigenvalue weighted by molar-refractivity contribution is -0.160. The van der Waals surface area contributed by atoms with E-state index in [1.54, 1.807) is 61.6 Å². The number of rotatable bonds is 15. The van der Waals surface area contributed by atoms with Crippen molar-refractivity contribution in [1.82, 2.24) is 49.8 Å². The van der Waals surface area contributed by atoms with Gasteiger partial charge in [-0.2, -0.15) is 0 Å². The minimum Gasteiger partial charge on any atom is -0.390 e. The summed E-state index contributed by atoms with van der Waals surface area (Å²) >= 11 is 1.30. The van der Waals surface area contributed by atoms with Crippen molar-refractivity contribution in [2.45, 2.75) is 216 Å². The molecule has 0 aromatic heterocycles. The number of likely N-dealkylation sites (N-methyl/N-ethyl adjacent to an activating group) is 8. The van der Waals surface area contributed by atoms with Crippen LogP contribution in [0.25, 0.3) is 0 Å². The fraction of sp³-hybridized carbons (Fsp3) is 0.794. The van der Waals surface area contributed by atoms with Crippen molar-refractivity contribution in [3.63, 3.8) is 0 Å². The number of hydrogen-bond acceptors (Lipinski definition) is 13. The lowest BCUT2D eigenvalue weighted by Crippen LogP contribution is -2.63. The number of carbonyl (C=O) groups excluding carboxylic acids is 10. The van der Waals surface area contributed by atoms with Crippen LogP contribution in [0.1, 0.15) is 149 Å². The lowest BCUT2D eigenvalue weighted by Gasteiger charge is -2.42. The number of fused-ring (bicyclic) bond motifs is 1. The van der Waals surface area contributed by atoms with E-state index in [1.807, 2.05) is 68.4 Å². The van der Waals surface area contributed by atoms with E-state index >= 15 is 19.2 Å². The number of carbonyl (C=O) groups is 10. The van der Waals surface area contributed by atoms with Crippen molar-refractivity contribution < 1.29 is 53.1 Å². The SMILES string of the molecule is C/C=C/C[C@@H](C)[C@@H](O)[C@H]1C(=O)N(C)[C@@H](CC)C(=O)N(C)CC(=O)N(C)[C@@H](CC(C)C)C(=O)N[C@@H](C(C)C)C(=O)N(C)[C@@H](CC(C)C)C(=O)N[C@@H](C)C2=N[C@H](CS2)C(=O)N(C)[C@@H](CC(C)C)C(=O)N(C)[C@@H](CC(C)C)C(=O)N(C)[C@@H](C(C)C)C(=O)N1C. The summed E-state index contributed by atoms with van der Waals surface area (Å²) < 4.78 is 0. The minimum absolute atomic E-state index is 0.0519. The standard InChI is InChI=1S/C63H111N11O11S/c1-25-27-28-41(15)53(76)52-63(85)69(19)44(26-2)58(80)67(17)33-49(75)68(18)45(29-35(3)4)55(78)66-50(39(11)12)61(83)70(20)46(30-36(5)6)54(77)64-42(16)56-65-43(34-86-56)57(79)71(21)47(31-37(7)8)59(81)72(22)48(32-38(9)10)60(82)73(23)51(40(13)14)62(84)74(52)24/h25,27,35-48,50-53,76H,26,28-34H2,1-24H3,(H,64,77)(H,66,78)/b27-25+/t41-,42+,43-,44+,45+,46+,47+,48+,50+,51+,52+,53-/m1/s1. The maximum Gasteiger partial charge on any atom is 0.248 e. The number of amides is 10. The Bertz CT molecular complexity index is 2420. The topological polar surface area (TPSA) is 253 Å². The molecule has 490 valence electrons. The summed E-state index contributed by atoms with van der Waals surface area (Å²) in [5, 5.41) is 18.7. The van der Waals surface area contributed by atoms with Crippen molar-refractivity contribution in [2.75, 3.05) is 68.7 Å². The van der Waals surface area contributed by atoms with Crippen molar-refractivity contribution in [3.05, 3.63) is 12.2 Å². The zero-order valence-corrected chi connectivity index (χ0v) is 57.5. The van der Waals surface area contributed by atoms with Gasteiger partial charge in [0, 0.05) is 62.1 Å². The first kappa shape index (κ1) is 76.5. The van der Waals surface area contributed by atoms with Gasteiger partial charge in [0.1, 0.15) is 54.4 Å². The van der Waals surface area contributed by atoms with E-state index in [0.29, 0.717) is 11.5 Å². The van der Waals surface area contributed by atoms with Crippen molar-refractivity contribution in [2.24, 2.45) is 46.4 Å². The van der Waals surface area contributed by atoms with Gasteiger partial charge >= 0.3 is 0 Å². The van der Waals surface area contributed by atoms with Crippen LogP contribution in [0, 0.1) is 41.4 Å². The molecule has 0 radical (unpaired) electrons. The fourth-order valence-corrected chi connectivity index (χ4v) is 12.4. The van der Waals surface area contributed by atoms with Crippen LogP contribution in [-0.2, 0) is 47.9 Å². The van der Waals surface area contributed by atoms with E-state index in [0.717, 1.165) is 4.90 Å². The summed E-state index contributed by atoms with van der Waals surface area (Å²) in [5.41, 5.74) is 0. The third-order valence-corrected chi connectivity index (χ3v) is 18.0. The molecule has 0 aliphatic carbocycles. The maximum atomic E-state index is 15.3. The zero-order valence-electron chi connectivity index (χ0n) is 56.7. The highest BCUT2D eigenvalue weighted by atomic mass is 32.2. The molecule has 2 rings (SSSR count). The van der Waals surface area contributed by atoms with Gasteiger partial charge in [-0.05, 0) is 93.8 Å². The summed E-state index contributed by atoms with van der Waals surface area (Å²) in [5.74, 6) is -7.58. The number of hydrogen-bond donors (Lipinski definition) is 3. The molecule has 0 unspecified atom stereocenters. The van der Waals surface area contributed by atoms with Gasteiger partial charge in [0.25, 0.3) is 0 Å². The Hall–Kier alpha value is -5.58. The average molecular weight is 1230 g/mol. The predicted molar refractivity (Wildman–Crippen MR) is 339 cm³/mol. The molecule has 22 nitrogen and oxygen atoms in total. The van der Waals surface area contributed by atoms with Crippen LogP contribution in [0.2, 0.25) is 0 Å². The molecule has 0 spiro atoms. The van der Waals surface area contributed by atoms with E-state index in [9.17, 15) is 33.9 Å². The molecule has 0 aromatic carbocycles. The van der Waals surface area contributed by atoms with Gasteiger partial charge in [0.05, 0.1) is 23.7 Å². The first-order chi connectivity index (χ1) is 39.8. The largest absolute Gasteiger partial charge is 0.390 e. The number of nitrogens with one attached hydrogen (secondary N) is 2. The van der Waals surface area contributed by atoms with Gasteiger partial charge in [-0.1, -0.05) is 109 Å². The molecule has 86 heavy (non-hydrogen) atoms. The molecule has 0 fully saturated rings. The Labute approximate surface area is 519 Å². The molecule has 23 heteroatoms. The van der Waals surface area contributed by atoms with Crippen LogP contribution in [0.5, 0.6) is 0 Å². The van der Waals surface area contributed by atoms with Crippen LogP contribution in [0.4, 0.5) is 0 Å². The number of aliphatic hydroxyl groups excluding tert-OH is 1. The maximum absolute atomic E-state index is 15.3. The summed E-state index contributed by atoms with van der Waals surface area (Å²) in [6, 6.07) is -11.0. The van der Waals surface area contributed by atoms with Crippen LogP contribution < -0.4 is 10.6 Å². The Balaban J connectivity index is 3.02. The molecule has 2 bridgehead atoms. The van der Waals surface area contributed by atoms with Crippen molar-refractivity contribution >= 4 is 75.9 Å². The smallest absolute Gasteiger partial charge is 0.248 e. The number of aliphatic hydroxyl groups is 1. The molecule has 0 saturated heterocycles. The summed E-state index contributed by atoms with van der Waals surface area (Å²) in [4.78, 5) is 163. The summed E-state index contributed by atoms with van der Waals surface area (Å²) in [7, 11) is 11.7. The van der Waals surface area contributed by atoms with E-state index in [4.69, 9.17) is 4.99 Å². The highest BCUT2D eigenvalue weighted by Crippen LogP contribution is 2.28. The van der Waals surface area contributed by atoms with E-state index in [1.165, 1.54) is 95.4 Å².